The standard InChI is InChI=1S/C15H13FN2OS/c16-12-3-5-13(6-4-12)20-10-15(19)18-8-11-2-1-7-17-14(11)9-18/h1-7H,8-10H2. The zero-order valence-electron chi connectivity index (χ0n) is 10.8. The number of carbonyl (C=O) groups excluding carboxylic acids is 1. The van der Waals surface area contributed by atoms with Crippen LogP contribution in [0.3, 0.4) is 0 Å². The Kier molecular flexibility index (Phi) is 3.69. The molecule has 5 heteroatoms. The third-order valence-corrected chi connectivity index (χ3v) is 4.21. The molecular weight excluding hydrogens is 275 g/mol. The van der Waals surface area contributed by atoms with Crippen molar-refractivity contribution in [2.75, 3.05) is 5.75 Å². The number of hydrogen-bond donors (Lipinski definition) is 0. The first-order valence-electron chi connectivity index (χ1n) is 6.31. The highest BCUT2D eigenvalue weighted by atomic mass is 32.2. The van der Waals surface area contributed by atoms with Crippen molar-refractivity contribution in [2.45, 2.75) is 18.0 Å². The van der Waals surface area contributed by atoms with E-state index >= 15 is 0 Å². The molecule has 1 aliphatic heterocycles. The van der Waals surface area contributed by atoms with Gasteiger partial charge >= 0.3 is 0 Å². The van der Waals surface area contributed by atoms with Crippen molar-refractivity contribution >= 4 is 17.7 Å². The van der Waals surface area contributed by atoms with Gasteiger partial charge in [0.15, 0.2) is 0 Å². The van der Waals surface area contributed by atoms with E-state index in [0.717, 1.165) is 16.2 Å². The van der Waals surface area contributed by atoms with Crippen LogP contribution in [0.5, 0.6) is 0 Å². The molecule has 1 amide bonds. The number of hydrogen-bond acceptors (Lipinski definition) is 3. The normalized spacial score (nSPS) is 13.3. The van der Waals surface area contributed by atoms with Crippen molar-refractivity contribution in [1.82, 2.24) is 9.88 Å². The zero-order chi connectivity index (χ0) is 13.9. The van der Waals surface area contributed by atoms with E-state index in [-0.39, 0.29) is 11.7 Å². The van der Waals surface area contributed by atoms with Gasteiger partial charge in [-0.25, -0.2) is 4.39 Å². The predicted octanol–water partition coefficient (Wildman–Crippen LogP) is 2.86. The summed E-state index contributed by atoms with van der Waals surface area (Å²) in [4.78, 5) is 19.1. The van der Waals surface area contributed by atoms with Gasteiger partial charge in [0.05, 0.1) is 18.0 Å². The lowest BCUT2D eigenvalue weighted by molar-refractivity contribution is -0.128. The molecule has 0 radical (unpaired) electrons. The molecule has 1 aromatic carbocycles. The van der Waals surface area contributed by atoms with E-state index in [9.17, 15) is 9.18 Å². The number of fused-ring (bicyclic) bond motifs is 1. The number of benzene rings is 1. The van der Waals surface area contributed by atoms with Gasteiger partial charge in [0.1, 0.15) is 5.82 Å². The molecule has 0 atom stereocenters. The monoisotopic (exact) mass is 288 g/mol. The summed E-state index contributed by atoms with van der Waals surface area (Å²) in [6.07, 6.45) is 1.75. The number of amides is 1. The largest absolute Gasteiger partial charge is 0.332 e. The lowest BCUT2D eigenvalue weighted by atomic mass is 10.2. The summed E-state index contributed by atoms with van der Waals surface area (Å²) in [5, 5.41) is 0. The van der Waals surface area contributed by atoms with E-state index < -0.39 is 0 Å². The Morgan fingerprint density at radius 3 is 2.80 bits per heavy atom. The van der Waals surface area contributed by atoms with Crippen LogP contribution in [0.25, 0.3) is 0 Å². The van der Waals surface area contributed by atoms with Gasteiger partial charge in [0.25, 0.3) is 0 Å². The van der Waals surface area contributed by atoms with Crippen LogP contribution >= 0.6 is 11.8 Å². The second-order valence-corrected chi connectivity index (χ2v) is 5.65. The Morgan fingerprint density at radius 2 is 2.05 bits per heavy atom. The van der Waals surface area contributed by atoms with Crippen molar-refractivity contribution in [3.05, 3.63) is 59.7 Å². The molecule has 0 fully saturated rings. The van der Waals surface area contributed by atoms with E-state index in [1.165, 1.54) is 23.9 Å². The summed E-state index contributed by atoms with van der Waals surface area (Å²) in [5.41, 5.74) is 2.10. The Hall–Kier alpha value is -1.88. The molecule has 2 aromatic rings. The molecule has 1 aromatic heterocycles. The van der Waals surface area contributed by atoms with Crippen molar-refractivity contribution < 1.29 is 9.18 Å². The molecular formula is C15H13FN2OS. The Morgan fingerprint density at radius 1 is 1.25 bits per heavy atom. The molecule has 102 valence electrons. The molecule has 0 saturated carbocycles. The van der Waals surface area contributed by atoms with Gasteiger partial charge in [0.2, 0.25) is 5.91 Å². The summed E-state index contributed by atoms with van der Waals surface area (Å²) >= 11 is 1.42. The predicted molar refractivity (Wildman–Crippen MR) is 75.6 cm³/mol. The minimum Gasteiger partial charge on any atom is -0.332 e. The van der Waals surface area contributed by atoms with Gasteiger partial charge in [-0.3, -0.25) is 9.78 Å². The molecule has 20 heavy (non-hydrogen) atoms. The molecule has 0 bridgehead atoms. The van der Waals surface area contributed by atoms with Gasteiger partial charge in [-0.15, -0.1) is 11.8 Å². The molecule has 3 nitrogen and oxygen atoms in total. The minimum absolute atomic E-state index is 0.0809. The smallest absolute Gasteiger partial charge is 0.233 e. The fraction of sp³-hybridized carbons (Fsp3) is 0.200. The van der Waals surface area contributed by atoms with Gasteiger partial charge in [-0.2, -0.15) is 0 Å². The number of pyridine rings is 1. The Labute approximate surface area is 120 Å². The van der Waals surface area contributed by atoms with E-state index in [2.05, 4.69) is 4.98 Å². The van der Waals surface area contributed by atoms with Crippen molar-refractivity contribution in [2.24, 2.45) is 0 Å². The maximum Gasteiger partial charge on any atom is 0.233 e. The molecule has 0 saturated heterocycles. The molecule has 0 N–H and O–H groups in total. The van der Waals surface area contributed by atoms with Crippen molar-refractivity contribution in [3.8, 4) is 0 Å². The molecule has 2 heterocycles. The van der Waals surface area contributed by atoms with Crippen molar-refractivity contribution in [3.63, 3.8) is 0 Å². The van der Waals surface area contributed by atoms with Crippen LogP contribution in [0.2, 0.25) is 0 Å². The third-order valence-electron chi connectivity index (χ3n) is 3.22. The first kappa shape index (κ1) is 13.1. The van der Waals surface area contributed by atoms with Gasteiger partial charge in [0, 0.05) is 17.6 Å². The first-order chi connectivity index (χ1) is 9.72. The number of carbonyl (C=O) groups is 1. The average molecular weight is 288 g/mol. The van der Waals surface area contributed by atoms with Gasteiger partial charge in [-0.1, -0.05) is 6.07 Å². The first-order valence-corrected chi connectivity index (χ1v) is 7.30. The zero-order valence-corrected chi connectivity index (χ0v) is 11.6. The topological polar surface area (TPSA) is 33.2 Å². The van der Waals surface area contributed by atoms with Gasteiger partial charge in [-0.05, 0) is 35.9 Å². The maximum atomic E-state index is 12.8. The van der Waals surface area contributed by atoms with Crippen LogP contribution in [-0.2, 0) is 17.9 Å². The second-order valence-electron chi connectivity index (χ2n) is 4.60. The van der Waals surface area contributed by atoms with E-state index in [1.54, 1.807) is 23.2 Å². The van der Waals surface area contributed by atoms with E-state index in [0.29, 0.717) is 18.8 Å². The SMILES string of the molecule is O=C(CSc1ccc(F)cc1)N1Cc2cccnc2C1. The van der Waals surface area contributed by atoms with E-state index in [4.69, 9.17) is 0 Å². The van der Waals surface area contributed by atoms with Crippen molar-refractivity contribution in [1.29, 1.82) is 0 Å². The molecule has 0 spiro atoms. The third kappa shape index (κ3) is 2.82. The summed E-state index contributed by atoms with van der Waals surface area (Å²) in [6.45, 7) is 1.21. The quantitative estimate of drug-likeness (QED) is 0.814. The fourth-order valence-corrected chi connectivity index (χ4v) is 2.94. The highest BCUT2D eigenvalue weighted by molar-refractivity contribution is 8.00. The highest BCUT2D eigenvalue weighted by Crippen LogP contribution is 2.23. The number of rotatable bonds is 3. The summed E-state index contributed by atoms with van der Waals surface area (Å²) < 4.78 is 12.8. The molecule has 0 unspecified atom stereocenters. The minimum atomic E-state index is -0.262. The number of nitrogens with zero attached hydrogens (tertiary/aromatic N) is 2. The number of thioether (sulfide) groups is 1. The van der Waals surface area contributed by atoms with Gasteiger partial charge < -0.3 is 4.90 Å². The van der Waals surface area contributed by atoms with Crippen LogP contribution in [0.15, 0.2) is 47.5 Å². The summed E-state index contributed by atoms with van der Waals surface area (Å²) in [5.74, 6) is 0.179. The van der Waals surface area contributed by atoms with Crippen LogP contribution in [0.1, 0.15) is 11.3 Å². The van der Waals surface area contributed by atoms with Crippen LogP contribution < -0.4 is 0 Å². The lowest BCUT2D eigenvalue weighted by Gasteiger charge is -2.14. The maximum absolute atomic E-state index is 12.8. The number of halogens is 1. The highest BCUT2D eigenvalue weighted by Gasteiger charge is 2.23. The average Bonchev–Trinajstić information content (AvgIpc) is 2.90. The van der Waals surface area contributed by atoms with Crippen LogP contribution in [0.4, 0.5) is 4.39 Å². The Bertz CT molecular complexity index is 605. The summed E-state index contributed by atoms with van der Waals surface area (Å²) in [6, 6.07) is 10.1. The lowest BCUT2D eigenvalue weighted by Crippen LogP contribution is -2.27. The molecule has 3 rings (SSSR count). The number of aromatic nitrogens is 1. The Balaban J connectivity index is 1.57. The summed E-state index contributed by atoms with van der Waals surface area (Å²) in [7, 11) is 0. The molecule has 0 aliphatic carbocycles. The van der Waals surface area contributed by atoms with Crippen LogP contribution in [0, 0.1) is 5.82 Å². The van der Waals surface area contributed by atoms with E-state index in [1.807, 2.05) is 12.1 Å². The fourth-order valence-electron chi connectivity index (χ4n) is 2.14. The van der Waals surface area contributed by atoms with Crippen LogP contribution in [-0.4, -0.2) is 21.5 Å². The molecule has 1 aliphatic rings. The second kappa shape index (κ2) is 5.63.